The Balaban J connectivity index is 1.44. The SMILES string of the molecule is OCC1CN(CCCc2nc(-c3cccs3)no2)C1. The van der Waals surface area contributed by atoms with Gasteiger partial charge < -0.3 is 14.5 Å². The first-order chi connectivity index (χ1) is 9.35. The van der Waals surface area contributed by atoms with Gasteiger partial charge in [0.05, 0.1) is 4.88 Å². The number of aryl methyl sites for hydroxylation is 1. The predicted octanol–water partition coefficient (Wildman–Crippen LogP) is 1.65. The Morgan fingerprint density at radius 2 is 2.37 bits per heavy atom. The molecule has 0 spiro atoms. The van der Waals surface area contributed by atoms with E-state index in [-0.39, 0.29) is 0 Å². The van der Waals surface area contributed by atoms with Crippen molar-refractivity contribution >= 4 is 11.3 Å². The van der Waals surface area contributed by atoms with Gasteiger partial charge >= 0.3 is 0 Å². The number of likely N-dealkylation sites (tertiary alicyclic amines) is 1. The van der Waals surface area contributed by atoms with Gasteiger partial charge in [-0.05, 0) is 24.4 Å². The van der Waals surface area contributed by atoms with Crippen LogP contribution in [0.15, 0.2) is 22.0 Å². The van der Waals surface area contributed by atoms with Crippen LogP contribution in [0, 0.1) is 5.92 Å². The maximum atomic E-state index is 8.94. The molecule has 0 bridgehead atoms. The maximum Gasteiger partial charge on any atom is 0.227 e. The lowest BCUT2D eigenvalue weighted by molar-refractivity contribution is 0.0529. The molecule has 0 unspecified atom stereocenters. The first-order valence-corrected chi connectivity index (χ1v) is 7.43. The summed E-state index contributed by atoms with van der Waals surface area (Å²) in [6, 6.07) is 3.98. The average molecular weight is 279 g/mol. The van der Waals surface area contributed by atoms with Crippen LogP contribution in [0.3, 0.4) is 0 Å². The Morgan fingerprint density at radius 3 is 3.11 bits per heavy atom. The lowest BCUT2D eigenvalue weighted by Crippen LogP contribution is -2.48. The molecule has 6 heteroatoms. The molecule has 1 aliphatic heterocycles. The summed E-state index contributed by atoms with van der Waals surface area (Å²) >= 11 is 1.62. The predicted molar refractivity (Wildman–Crippen MR) is 72.9 cm³/mol. The van der Waals surface area contributed by atoms with Crippen LogP contribution in [-0.2, 0) is 6.42 Å². The van der Waals surface area contributed by atoms with Crippen LogP contribution in [0.2, 0.25) is 0 Å². The molecule has 0 radical (unpaired) electrons. The molecule has 1 N–H and O–H groups in total. The molecule has 0 atom stereocenters. The normalized spacial score (nSPS) is 16.7. The molecular formula is C13H17N3O2S. The smallest absolute Gasteiger partial charge is 0.227 e. The highest BCUT2D eigenvalue weighted by Gasteiger charge is 2.25. The van der Waals surface area contributed by atoms with Gasteiger partial charge in [0.15, 0.2) is 0 Å². The zero-order chi connectivity index (χ0) is 13.1. The molecule has 19 heavy (non-hydrogen) atoms. The van der Waals surface area contributed by atoms with Crippen molar-refractivity contribution in [3.63, 3.8) is 0 Å². The van der Waals surface area contributed by atoms with Gasteiger partial charge in [0.1, 0.15) is 0 Å². The molecule has 2 aromatic rings. The molecule has 0 amide bonds. The maximum absolute atomic E-state index is 8.94. The fraction of sp³-hybridized carbons (Fsp3) is 0.538. The Morgan fingerprint density at radius 1 is 1.47 bits per heavy atom. The zero-order valence-corrected chi connectivity index (χ0v) is 11.5. The van der Waals surface area contributed by atoms with Gasteiger partial charge in [0.2, 0.25) is 11.7 Å². The minimum atomic E-state index is 0.310. The molecule has 2 aromatic heterocycles. The molecule has 1 fully saturated rings. The number of hydrogen-bond acceptors (Lipinski definition) is 6. The summed E-state index contributed by atoms with van der Waals surface area (Å²) in [5.74, 6) is 1.88. The van der Waals surface area contributed by atoms with Crippen molar-refractivity contribution in [1.82, 2.24) is 15.0 Å². The van der Waals surface area contributed by atoms with Gasteiger partial charge in [0, 0.05) is 32.0 Å². The third kappa shape index (κ3) is 3.02. The van der Waals surface area contributed by atoms with Gasteiger partial charge in [-0.25, -0.2) is 0 Å². The van der Waals surface area contributed by atoms with E-state index in [1.807, 2.05) is 17.5 Å². The van der Waals surface area contributed by atoms with E-state index in [1.165, 1.54) is 0 Å². The molecule has 1 saturated heterocycles. The number of rotatable bonds is 6. The van der Waals surface area contributed by atoms with Gasteiger partial charge in [0.25, 0.3) is 0 Å². The van der Waals surface area contributed by atoms with E-state index in [0.717, 1.165) is 37.4 Å². The first kappa shape index (κ1) is 12.8. The van der Waals surface area contributed by atoms with Crippen molar-refractivity contribution in [2.24, 2.45) is 5.92 Å². The second-order valence-electron chi connectivity index (χ2n) is 4.90. The largest absolute Gasteiger partial charge is 0.396 e. The molecule has 0 saturated carbocycles. The molecule has 1 aliphatic rings. The molecule has 0 aromatic carbocycles. The van der Waals surface area contributed by atoms with Crippen LogP contribution in [0.25, 0.3) is 10.7 Å². The van der Waals surface area contributed by atoms with Crippen LogP contribution in [0.1, 0.15) is 12.3 Å². The third-order valence-electron chi connectivity index (χ3n) is 3.37. The summed E-state index contributed by atoms with van der Waals surface area (Å²) in [4.78, 5) is 7.79. The number of hydrogen-bond donors (Lipinski definition) is 1. The summed E-state index contributed by atoms with van der Waals surface area (Å²) < 4.78 is 5.25. The van der Waals surface area contributed by atoms with E-state index < -0.39 is 0 Å². The van der Waals surface area contributed by atoms with E-state index >= 15 is 0 Å². The highest BCUT2D eigenvalue weighted by Crippen LogP contribution is 2.21. The van der Waals surface area contributed by atoms with Crippen molar-refractivity contribution in [3.05, 3.63) is 23.4 Å². The molecule has 0 aliphatic carbocycles. The standard InChI is InChI=1S/C13H17N3O2S/c17-9-10-7-16(8-10)5-1-4-12-14-13(15-18-12)11-3-2-6-19-11/h2-3,6,10,17H,1,4-5,7-9H2. The van der Waals surface area contributed by atoms with Crippen molar-refractivity contribution in [3.8, 4) is 10.7 Å². The highest BCUT2D eigenvalue weighted by molar-refractivity contribution is 7.13. The second-order valence-corrected chi connectivity index (χ2v) is 5.85. The zero-order valence-electron chi connectivity index (χ0n) is 10.7. The van der Waals surface area contributed by atoms with Crippen LogP contribution in [0.5, 0.6) is 0 Å². The second kappa shape index (κ2) is 5.81. The van der Waals surface area contributed by atoms with Crippen molar-refractivity contribution in [2.75, 3.05) is 26.2 Å². The molecular weight excluding hydrogens is 262 g/mol. The lowest BCUT2D eigenvalue weighted by atomic mass is 10.0. The Kier molecular flexibility index (Phi) is 3.91. The number of aliphatic hydroxyl groups excluding tert-OH is 1. The van der Waals surface area contributed by atoms with Gasteiger partial charge in [-0.15, -0.1) is 11.3 Å². The summed E-state index contributed by atoms with van der Waals surface area (Å²) in [7, 11) is 0. The Labute approximate surface area is 115 Å². The van der Waals surface area contributed by atoms with E-state index in [0.29, 0.717) is 24.2 Å². The fourth-order valence-electron chi connectivity index (χ4n) is 2.29. The summed E-state index contributed by atoms with van der Waals surface area (Å²) in [5, 5.41) is 14.9. The lowest BCUT2D eigenvalue weighted by Gasteiger charge is -2.38. The number of thiophene rings is 1. The number of aliphatic hydroxyl groups is 1. The molecule has 5 nitrogen and oxygen atoms in total. The minimum Gasteiger partial charge on any atom is -0.396 e. The van der Waals surface area contributed by atoms with E-state index in [9.17, 15) is 0 Å². The third-order valence-corrected chi connectivity index (χ3v) is 4.23. The van der Waals surface area contributed by atoms with Crippen molar-refractivity contribution in [1.29, 1.82) is 0 Å². The molecule has 102 valence electrons. The monoisotopic (exact) mass is 279 g/mol. The van der Waals surface area contributed by atoms with Crippen LogP contribution >= 0.6 is 11.3 Å². The van der Waals surface area contributed by atoms with E-state index in [1.54, 1.807) is 11.3 Å². The van der Waals surface area contributed by atoms with Crippen molar-refractivity contribution in [2.45, 2.75) is 12.8 Å². The molecule has 3 heterocycles. The fourth-order valence-corrected chi connectivity index (χ4v) is 2.94. The first-order valence-electron chi connectivity index (χ1n) is 6.55. The summed E-state index contributed by atoms with van der Waals surface area (Å²) in [6.45, 7) is 3.37. The number of aromatic nitrogens is 2. The molecule has 3 rings (SSSR count). The minimum absolute atomic E-state index is 0.310. The Bertz CT molecular complexity index is 506. The van der Waals surface area contributed by atoms with Gasteiger partial charge in [-0.3, -0.25) is 0 Å². The average Bonchev–Trinajstić information content (AvgIpc) is 3.02. The van der Waals surface area contributed by atoms with Gasteiger partial charge in [-0.2, -0.15) is 4.98 Å². The van der Waals surface area contributed by atoms with Crippen LogP contribution in [0.4, 0.5) is 0 Å². The Hall–Kier alpha value is -1.24. The topological polar surface area (TPSA) is 62.4 Å². The number of nitrogens with zero attached hydrogens (tertiary/aromatic N) is 3. The van der Waals surface area contributed by atoms with Crippen LogP contribution in [-0.4, -0.2) is 46.4 Å². The van der Waals surface area contributed by atoms with Crippen LogP contribution < -0.4 is 0 Å². The summed E-state index contributed by atoms with van der Waals surface area (Å²) in [6.07, 6.45) is 1.84. The summed E-state index contributed by atoms with van der Waals surface area (Å²) in [5.41, 5.74) is 0. The quantitative estimate of drug-likeness (QED) is 0.871. The van der Waals surface area contributed by atoms with E-state index in [4.69, 9.17) is 9.63 Å². The highest BCUT2D eigenvalue weighted by atomic mass is 32.1. The van der Waals surface area contributed by atoms with Gasteiger partial charge in [-0.1, -0.05) is 11.2 Å². The van der Waals surface area contributed by atoms with E-state index in [2.05, 4.69) is 15.0 Å². The van der Waals surface area contributed by atoms with Crippen molar-refractivity contribution < 1.29 is 9.63 Å².